The smallest absolute Gasteiger partial charge is 0.397 e. The van der Waals surface area contributed by atoms with E-state index in [-0.39, 0.29) is 5.69 Å². The summed E-state index contributed by atoms with van der Waals surface area (Å²) in [5, 5.41) is 53.2. The van der Waals surface area contributed by atoms with Gasteiger partial charge in [-0.15, -0.1) is 0 Å². The second-order valence-corrected chi connectivity index (χ2v) is 11.3. The fraction of sp³-hybridized carbons (Fsp3) is 0.0909. The lowest BCUT2D eigenvalue weighted by molar-refractivity contribution is -0.735. The summed E-state index contributed by atoms with van der Waals surface area (Å²) in [7, 11) is -11.1. The van der Waals surface area contributed by atoms with Crippen LogP contribution in [0.25, 0.3) is 11.4 Å². The van der Waals surface area contributed by atoms with Gasteiger partial charge in [0.25, 0.3) is 11.4 Å². The Bertz CT molecular complexity index is 1930. The van der Waals surface area contributed by atoms with Crippen LogP contribution >= 0.6 is 0 Å². The number of anilines is 1. The van der Waals surface area contributed by atoms with Gasteiger partial charge in [-0.05, 0) is 23.0 Å². The van der Waals surface area contributed by atoms with Crippen molar-refractivity contribution in [1.29, 1.82) is 0 Å². The van der Waals surface area contributed by atoms with Gasteiger partial charge in [-0.25, -0.2) is 16.8 Å². The second-order valence-electron chi connectivity index (χ2n) is 8.56. The van der Waals surface area contributed by atoms with E-state index in [9.17, 15) is 61.2 Å². The molecule has 0 aliphatic carbocycles. The fourth-order valence-electron chi connectivity index (χ4n) is 3.91. The lowest BCUT2D eigenvalue weighted by Crippen LogP contribution is -2.45. The Balaban J connectivity index is 2.11. The van der Waals surface area contributed by atoms with Crippen LogP contribution in [-0.4, -0.2) is 66.9 Å². The molecule has 0 saturated heterocycles. The molecule has 1 aromatic heterocycles. The Morgan fingerprint density at radius 2 is 1.39 bits per heavy atom. The second kappa shape index (κ2) is 11.8. The average molecular weight is 651 g/mol. The number of nitrogens with zero attached hydrogens (tertiary/aromatic N) is 6. The summed E-state index contributed by atoms with van der Waals surface area (Å²) in [6.45, 7) is -2.12. The summed E-state index contributed by atoms with van der Waals surface area (Å²) < 4.78 is 71.6. The predicted molar refractivity (Wildman–Crippen MR) is 138 cm³/mol. The topological polar surface area (TPSA) is 305 Å². The summed E-state index contributed by atoms with van der Waals surface area (Å²) in [6.07, 6.45) is 0. The molecule has 0 unspecified atom stereocenters. The van der Waals surface area contributed by atoms with Crippen molar-refractivity contribution in [1.82, 2.24) is 15.0 Å². The van der Waals surface area contributed by atoms with Crippen LogP contribution in [-0.2, 0) is 33.5 Å². The van der Waals surface area contributed by atoms with Crippen molar-refractivity contribution in [3.8, 4) is 11.4 Å². The average Bonchev–Trinajstić information content (AvgIpc) is 3.40. The van der Waals surface area contributed by atoms with Crippen molar-refractivity contribution in [2.45, 2.75) is 23.0 Å². The van der Waals surface area contributed by atoms with Gasteiger partial charge in [0.15, 0.2) is 5.69 Å². The lowest BCUT2D eigenvalue weighted by atomic mass is 10.1. The van der Waals surface area contributed by atoms with Gasteiger partial charge in [-0.1, -0.05) is 18.2 Å². The van der Waals surface area contributed by atoms with Gasteiger partial charge in [-0.2, -0.15) is 0 Å². The molecule has 0 aliphatic rings. The number of benzene rings is 3. The minimum atomic E-state index is -5.57. The third-order valence-electron chi connectivity index (χ3n) is 5.82. The summed E-state index contributed by atoms with van der Waals surface area (Å²) >= 11 is 0. The van der Waals surface area contributed by atoms with E-state index in [1.807, 2.05) is 0 Å². The van der Waals surface area contributed by atoms with E-state index < -0.39 is 98.7 Å². The number of amides is 1. The maximum Gasteiger partial charge on any atom is 0.397 e. The first-order valence-electron chi connectivity index (χ1n) is 11.6. The van der Waals surface area contributed by atoms with Crippen LogP contribution in [0.1, 0.15) is 21.7 Å². The maximum atomic E-state index is 13.1. The number of hydrogen-bond acceptors (Lipinski definition) is 15. The fourth-order valence-corrected chi connectivity index (χ4v) is 5.20. The van der Waals surface area contributed by atoms with Gasteiger partial charge in [-0.3, -0.25) is 25.0 Å². The molecule has 3 aromatic carbocycles. The van der Waals surface area contributed by atoms with Crippen LogP contribution in [0.3, 0.4) is 0 Å². The van der Waals surface area contributed by atoms with Gasteiger partial charge in [0.05, 0.1) is 28.2 Å². The highest BCUT2D eigenvalue weighted by molar-refractivity contribution is 7.86. The highest BCUT2D eigenvalue weighted by Gasteiger charge is 2.34. The molecule has 4 rings (SSSR count). The van der Waals surface area contributed by atoms with Crippen molar-refractivity contribution in [2.75, 3.05) is 5.32 Å². The van der Waals surface area contributed by atoms with Crippen LogP contribution in [0.15, 0.2) is 64.4 Å². The number of nitrogens with one attached hydrogen (secondary N) is 1. The number of aromatic nitrogens is 4. The first kappa shape index (κ1) is 31.7. The maximum absolute atomic E-state index is 13.1. The minimum absolute atomic E-state index is 0.234. The zero-order valence-corrected chi connectivity index (χ0v) is 23.1. The summed E-state index contributed by atoms with van der Waals surface area (Å²) in [5.41, 5.74) is -4.43. The number of para-hydroxylation sites is 1. The van der Waals surface area contributed by atoms with Crippen molar-refractivity contribution < 1.29 is 55.6 Å². The molecule has 0 saturated carbocycles. The molecule has 22 heteroatoms. The molecule has 20 nitrogen and oxygen atoms in total. The molecule has 0 spiro atoms. The van der Waals surface area contributed by atoms with E-state index in [1.54, 1.807) is 18.2 Å². The van der Waals surface area contributed by atoms with Gasteiger partial charge in [0.2, 0.25) is 0 Å². The molecule has 1 amide bonds. The Kier molecular flexibility index (Phi) is 8.48. The summed E-state index contributed by atoms with van der Waals surface area (Å²) in [4.78, 5) is 31.8. The normalized spacial score (nSPS) is 11.7. The highest BCUT2D eigenvalue weighted by Crippen LogP contribution is 2.31. The molecular weight excluding hydrogens is 634 g/mol. The zero-order chi connectivity index (χ0) is 32.6. The van der Waals surface area contributed by atoms with Crippen LogP contribution in [0.4, 0.5) is 17.1 Å². The van der Waals surface area contributed by atoms with Crippen molar-refractivity contribution >= 4 is 43.2 Å². The minimum Gasteiger partial charge on any atom is -0.744 e. The number of nitro benzene ring substituents is 2. The molecular formula is C22H16N7O13S2-. The number of carbonyl (C=O) groups excluding carboxylic acids is 1. The molecule has 4 aromatic rings. The summed E-state index contributed by atoms with van der Waals surface area (Å²) in [5.74, 6) is -1.81. The number of carbonyl (C=O) groups is 1. The molecule has 44 heavy (non-hydrogen) atoms. The van der Waals surface area contributed by atoms with Crippen molar-refractivity contribution in [3.05, 3.63) is 91.8 Å². The van der Waals surface area contributed by atoms with Gasteiger partial charge in [0, 0.05) is 44.9 Å². The molecule has 3 N–H and O–H groups in total. The van der Waals surface area contributed by atoms with Crippen LogP contribution in [0.5, 0.6) is 0 Å². The molecule has 230 valence electrons. The first-order valence-corrected chi connectivity index (χ1v) is 14.4. The summed E-state index contributed by atoms with van der Waals surface area (Å²) in [6, 6.07) is 9.59. The largest absolute Gasteiger partial charge is 0.744 e. The van der Waals surface area contributed by atoms with Gasteiger partial charge < -0.3 is 24.6 Å². The number of aliphatic hydroxyl groups is 2. The quantitative estimate of drug-likeness (QED) is 0.0835. The molecule has 0 fully saturated rings. The first-order chi connectivity index (χ1) is 20.6. The number of hydrogen-bond donors (Lipinski definition) is 3. The Hall–Kier alpha value is -5.26. The number of aliphatic hydroxyl groups excluding tert-OH is 2. The standard InChI is InChI=1S/C22H17N7O13S2/c30-10-12-6-17(28(33)34)19(43(37,38)39)8-15(12)26-24-21(22(32)23-14-4-2-1-3-5-14)25-27(26)16-9-20(44(40,41)42)18(29(35)36)7-13(16)11-31/h1-9,30-31H,10-11H2,(H2-,23,32,37,38,39,40,41,42)/p-1. The van der Waals surface area contributed by atoms with E-state index in [4.69, 9.17) is 0 Å². The number of rotatable bonds is 10. The van der Waals surface area contributed by atoms with E-state index >= 15 is 0 Å². The Morgan fingerprint density at radius 1 is 0.864 bits per heavy atom. The Morgan fingerprint density at radius 3 is 1.89 bits per heavy atom. The zero-order valence-electron chi connectivity index (χ0n) is 21.5. The number of tetrazole rings is 1. The molecule has 0 radical (unpaired) electrons. The van der Waals surface area contributed by atoms with E-state index in [1.165, 1.54) is 12.1 Å². The van der Waals surface area contributed by atoms with E-state index in [0.717, 1.165) is 0 Å². The monoisotopic (exact) mass is 650 g/mol. The van der Waals surface area contributed by atoms with Crippen molar-refractivity contribution in [3.63, 3.8) is 0 Å². The third kappa shape index (κ3) is 6.24. The number of nitro groups is 2. The van der Waals surface area contributed by atoms with Crippen LogP contribution < -0.4 is 10.1 Å². The molecule has 1 heterocycles. The van der Waals surface area contributed by atoms with E-state index in [2.05, 4.69) is 15.5 Å². The molecule has 0 aliphatic heterocycles. The highest BCUT2D eigenvalue weighted by atomic mass is 32.2. The van der Waals surface area contributed by atoms with Crippen LogP contribution in [0.2, 0.25) is 0 Å². The van der Waals surface area contributed by atoms with Crippen LogP contribution in [0, 0.1) is 20.2 Å². The predicted octanol–water partition coefficient (Wildman–Crippen LogP) is -0.594. The SMILES string of the molecule is O=C(Nc1ccccc1)c1nn(-c2cc(S(=O)(=O)[O-])c([N+](=O)[O-])cc2CO)[n+](-c2cc(S(=O)(=O)[O-])c([N+](=O)[O-])cc2CO)n1. The third-order valence-corrected chi connectivity index (χ3v) is 7.55. The lowest BCUT2D eigenvalue weighted by Gasteiger charge is -2.13. The van der Waals surface area contributed by atoms with Crippen molar-refractivity contribution in [2.24, 2.45) is 0 Å². The molecule has 0 bridgehead atoms. The van der Waals surface area contributed by atoms with Gasteiger partial charge >= 0.3 is 11.7 Å². The van der Waals surface area contributed by atoms with Gasteiger partial charge in [0.1, 0.15) is 35.7 Å². The molecule has 0 atom stereocenters. The van der Waals surface area contributed by atoms with E-state index in [0.29, 0.717) is 33.9 Å². The Labute approximate surface area is 245 Å².